The number of carbonyl (C=O) groups excluding carboxylic acids is 1. The molecular weight excluding hydrogens is 294 g/mol. The number of carboxylic acid groups (broad SMARTS) is 1. The van der Waals surface area contributed by atoms with Gasteiger partial charge in [-0.1, -0.05) is 24.3 Å². The largest absolute Gasteiger partial charge is 0.481 e. The van der Waals surface area contributed by atoms with Gasteiger partial charge < -0.3 is 14.7 Å². The average Bonchev–Trinajstić information content (AvgIpc) is 2.52. The maximum atomic E-state index is 12.4. The lowest BCUT2D eigenvalue weighted by Crippen LogP contribution is -2.48. The number of aryl methyl sites for hydroxylation is 1. The maximum Gasteiger partial charge on any atom is 0.303 e. The molecule has 1 heterocycles. The van der Waals surface area contributed by atoms with Gasteiger partial charge in [-0.3, -0.25) is 9.59 Å². The molecule has 1 amide bonds. The minimum atomic E-state index is -0.809. The standard InChI is InChI=1S/C18H25NO4/c1-13-7-3-4-8-15(13)16-11-19(14(2)12-23-16)17(20)9-5-6-10-18(21)22/h3-4,7-8,14,16H,5-6,9-12H2,1-2H3,(H,21,22). The van der Waals surface area contributed by atoms with Crippen LogP contribution in [0.4, 0.5) is 0 Å². The topological polar surface area (TPSA) is 66.8 Å². The Labute approximate surface area is 137 Å². The Morgan fingerprint density at radius 1 is 1.26 bits per heavy atom. The van der Waals surface area contributed by atoms with E-state index in [-0.39, 0.29) is 24.5 Å². The molecule has 1 aliphatic heterocycles. The van der Waals surface area contributed by atoms with Crippen LogP contribution in [0.5, 0.6) is 0 Å². The fraction of sp³-hybridized carbons (Fsp3) is 0.556. The van der Waals surface area contributed by atoms with Crippen LogP contribution in [0.3, 0.4) is 0 Å². The second-order valence-electron chi connectivity index (χ2n) is 6.17. The summed E-state index contributed by atoms with van der Waals surface area (Å²) in [4.78, 5) is 24.8. The molecule has 5 nitrogen and oxygen atoms in total. The van der Waals surface area contributed by atoms with E-state index in [4.69, 9.17) is 9.84 Å². The van der Waals surface area contributed by atoms with Crippen LogP contribution in [-0.4, -0.2) is 41.1 Å². The number of carbonyl (C=O) groups is 2. The predicted molar refractivity (Wildman–Crippen MR) is 87.2 cm³/mol. The number of ether oxygens (including phenoxy) is 1. The van der Waals surface area contributed by atoms with Gasteiger partial charge in [0.05, 0.1) is 19.2 Å². The summed E-state index contributed by atoms with van der Waals surface area (Å²) in [5.41, 5.74) is 2.30. The molecule has 5 heteroatoms. The summed E-state index contributed by atoms with van der Waals surface area (Å²) in [7, 11) is 0. The second-order valence-corrected chi connectivity index (χ2v) is 6.17. The first-order chi connectivity index (χ1) is 11.0. The molecule has 1 aromatic carbocycles. The molecule has 2 rings (SSSR count). The lowest BCUT2D eigenvalue weighted by atomic mass is 10.0. The quantitative estimate of drug-likeness (QED) is 0.819. The SMILES string of the molecule is Cc1ccccc1C1CN(C(=O)CCCCC(=O)O)C(C)CO1. The van der Waals surface area contributed by atoms with Gasteiger partial charge in [-0.15, -0.1) is 0 Å². The van der Waals surface area contributed by atoms with Crippen molar-refractivity contribution in [3.8, 4) is 0 Å². The molecule has 0 radical (unpaired) electrons. The van der Waals surface area contributed by atoms with Crippen molar-refractivity contribution in [1.29, 1.82) is 0 Å². The van der Waals surface area contributed by atoms with Crippen molar-refractivity contribution in [3.05, 3.63) is 35.4 Å². The highest BCUT2D eigenvalue weighted by atomic mass is 16.5. The van der Waals surface area contributed by atoms with Crippen molar-refractivity contribution >= 4 is 11.9 Å². The zero-order valence-corrected chi connectivity index (χ0v) is 13.8. The number of carboxylic acids is 1. The molecule has 0 saturated carbocycles. The smallest absolute Gasteiger partial charge is 0.303 e. The van der Waals surface area contributed by atoms with Crippen LogP contribution in [0.15, 0.2) is 24.3 Å². The minimum Gasteiger partial charge on any atom is -0.481 e. The Balaban J connectivity index is 1.94. The number of rotatable bonds is 6. The van der Waals surface area contributed by atoms with E-state index >= 15 is 0 Å². The minimum absolute atomic E-state index is 0.0576. The van der Waals surface area contributed by atoms with E-state index in [0.717, 1.165) is 5.56 Å². The molecule has 1 saturated heterocycles. The third kappa shape index (κ3) is 4.79. The summed E-state index contributed by atoms with van der Waals surface area (Å²) in [6, 6.07) is 8.14. The van der Waals surface area contributed by atoms with E-state index in [1.807, 2.05) is 30.0 Å². The number of hydrogen-bond donors (Lipinski definition) is 1. The van der Waals surface area contributed by atoms with Gasteiger partial charge in [-0.05, 0) is 37.8 Å². The van der Waals surface area contributed by atoms with Crippen LogP contribution in [0.25, 0.3) is 0 Å². The molecule has 1 fully saturated rings. The van der Waals surface area contributed by atoms with Crippen LogP contribution in [0, 0.1) is 6.92 Å². The fourth-order valence-electron chi connectivity index (χ4n) is 2.94. The van der Waals surface area contributed by atoms with E-state index < -0.39 is 5.97 Å². The zero-order chi connectivity index (χ0) is 16.8. The first-order valence-electron chi connectivity index (χ1n) is 8.17. The average molecular weight is 319 g/mol. The van der Waals surface area contributed by atoms with Crippen LogP contribution in [0.1, 0.15) is 49.8 Å². The second kappa shape index (κ2) is 8.11. The van der Waals surface area contributed by atoms with E-state index in [0.29, 0.717) is 32.4 Å². The highest BCUT2D eigenvalue weighted by Crippen LogP contribution is 2.27. The number of amides is 1. The molecule has 126 valence electrons. The van der Waals surface area contributed by atoms with E-state index in [1.54, 1.807) is 0 Å². The van der Waals surface area contributed by atoms with Crippen molar-refractivity contribution in [2.24, 2.45) is 0 Å². The van der Waals surface area contributed by atoms with Gasteiger partial charge in [0.25, 0.3) is 0 Å². The molecular formula is C18H25NO4. The van der Waals surface area contributed by atoms with Crippen LogP contribution in [-0.2, 0) is 14.3 Å². The van der Waals surface area contributed by atoms with Crippen LogP contribution < -0.4 is 0 Å². The Morgan fingerprint density at radius 3 is 2.65 bits per heavy atom. The summed E-state index contributed by atoms with van der Waals surface area (Å²) in [5.74, 6) is -0.721. The summed E-state index contributed by atoms with van der Waals surface area (Å²) < 4.78 is 5.92. The third-order valence-electron chi connectivity index (χ3n) is 4.32. The third-order valence-corrected chi connectivity index (χ3v) is 4.32. The molecule has 0 aromatic heterocycles. The van der Waals surface area contributed by atoms with Crippen LogP contribution >= 0.6 is 0 Å². The molecule has 1 aliphatic rings. The predicted octanol–water partition coefficient (Wildman–Crippen LogP) is 2.93. The van der Waals surface area contributed by atoms with Crippen molar-refractivity contribution in [2.45, 2.75) is 51.7 Å². The number of unbranched alkanes of at least 4 members (excludes halogenated alkanes) is 1. The number of aliphatic carboxylic acids is 1. The summed E-state index contributed by atoms with van der Waals surface area (Å²) >= 11 is 0. The van der Waals surface area contributed by atoms with Gasteiger partial charge in [-0.25, -0.2) is 0 Å². The molecule has 2 unspecified atom stereocenters. The number of hydrogen-bond acceptors (Lipinski definition) is 3. The van der Waals surface area contributed by atoms with E-state index in [9.17, 15) is 9.59 Å². The van der Waals surface area contributed by atoms with Gasteiger partial charge in [0, 0.05) is 12.8 Å². The van der Waals surface area contributed by atoms with Gasteiger partial charge >= 0.3 is 5.97 Å². The molecule has 23 heavy (non-hydrogen) atoms. The van der Waals surface area contributed by atoms with Gasteiger partial charge in [0.1, 0.15) is 6.10 Å². The maximum absolute atomic E-state index is 12.4. The van der Waals surface area contributed by atoms with E-state index in [2.05, 4.69) is 13.0 Å². The molecule has 0 aliphatic carbocycles. The van der Waals surface area contributed by atoms with Crippen molar-refractivity contribution < 1.29 is 19.4 Å². The van der Waals surface area contributed by atoms with Crippen molar-refractivity contribution in [1.82, 2.24) is 4.90 Å². The Bertz CT molecular complexity index is 558. The molecule has 1 N–H and O–H groups in total. The normalized spacial score (nSPS) is 21.2. The number of nitrogens with zero attached hydrogens (tertiary/aromatic N) is 1. The van der Waals surface area contributed by atoms with E-state index in [1.165, 1.54) is 5.56 Å². The fourth-order valence-corrected chi connectivity index (χ4v) is 2.94. The lowest BCUT2D eigenvalue weighted by molar-refractivity contribution is -0.145. The molecule has 0 spiro atoms. The Hall–Kier alpha value is -1.88. The molecule has 2 atom stereocenters. The van der Waals surface area contributed by atoms with Crippen molar-refractivity contribution in [3.63, 3.8) is 0 Å². The first kappa shape index (κ1) is 17.5. The summed E-state index contributed by atoms with van der Waals surface area (Å²) in [6.07, 6.45) is 1.59. The van der Waals surface area contributed by atoms with Crippen molar-refractivity contribution in [2.75, 3.05) is 13.2 Å². The number of morpholine rings is 1. The van der Waals surface area contributed by atoms with Gasteiger partial charge in [0.2, 0.25) is 5.91 Å². The highest BCUT2D eigenvalue weighted by Gasteiger charge is 2.30. The first-order valence-corrected chi connectivity index (χ1v) is 8.17. The van der Waals surface area contributed by atoms with Gasteiger partial charge in [-0.2, -0.15) is 0 Å². The zero-order valence-electron chi connectivity index (χ0n) is 13.8. The van der Waals surface area contributed by atoms with Crippen LogP contribution in [0.2, 0.25) is 0 Å². The monoisotopic (exact) mass is 319 g/mol. The summed E-state index contributed by atoms with van der Waals surface area (Å²) in [6.45, 7) is 5.13. The molecule has 1 aromatic rings. The highest BCUT2D eigenvalue weighted by molar-refractivity contribution is 5.76. The Morgan fingerprint density at radius 2 is 1.96 bits per heavy atom. The Kier molecular flexibility index (Phi) is 6.16. The van der Waals surface area contributed by atoms with Gasteiger partial charge in [0.15, 0.2) is 0 Å². The summed E-state index contributed by atoms with van der Waals surface area (Å²) in [5, 5.41) is 8.64. The molecule has 0 bridgehead atoms. The lowest BCUT2D eigenvalue weighted by Gasteiger charge is -2.38. The number of benzene rings is 1.